The number of carbonyl (C=O) groups is 2. The van der Waals surface area contributed by atoms with Gasteiger partial charge in [-0.15, -0.1) is 0 Å². The number of hydrogen-bond acceptors (Lipinski definition) is 4. The Morgan fingerprint density at radius 2 is 2.04 bits per heavy atom. The van der Waals surface area contributed by atoms with Crippen molar-refractivity contribution in [1.82, 2.24) is 9.88 Å². The molecule has 2 rings (SSSR count). The summed E-state index contributed by atoms with van der Waals surface area (Å²) >= 11 is 0. The van der Waals surface area contributed by atoms with Crippen LogP contribution in [0.5, 0.6) is 0 Å². The van der Waals surface area contributed by atoms with E-state index in [9.17, 15) is 22.8 Å². The van der Waals surface area contributed by atoms with Gasteiger partial charge in [-0.05, 0) is 26.0 Å². The molecule has 2 heterocycles. The fourth-order valence-corrected chi connectivity index (χ4v) is 2.69. The van der Waals surface area contributed by atoms with Crippen LogP contribution in [0, 0.1) is 11.8 Å². The van der Waals surface area contributed by atoms with E-state index in [1.165, 1.54) is 18.3 Å². The van der Waals surface area contributed by atoms with Crippen molar-refractivity contribution in [1.29, 1.82) is 0 Å². The Morgan fingerprint density at radius 3 is 2.54 bits per heavy atom. The molecule has 0 unspecified atom stereocenters. The minimum Gasteiger partial charge on any atom is -0.481 e. The van der Waals surface area contributed by atoms with Gasteiger partial charge in [0.2, 0.25) is 0 Å². The molecule has 0 aliphatic carbocycles. The zero-order valence-electron chi connectivity index (χ0n) is 13.2. The lowest BCUT2D eigenvalue weighted by Crippen LogP contribution is -2.34. The number of pyridine rings is 1. The van der Waals surface area contributed by atoms with Gasteiger partial charge in [0, 0.05) is 25.3 Å². The number of carboxylic acid groups (broad SMARTS) is 1. The third-order valence-corrected chi connectivity index (χ3v) is 3.81. The third-order valence-electron chi connectivity index (χ3n) is 3.81. The molecule has 0 spiro atoms. The topological polar surface area (TPSA) is 82.5 Å². The zero-order chi connectivity index (χ0) is 18.1. The van der Waals surface area contributed by atoms with Crippen molar-refractivity contribution in [2.24, 2.45) is 11.8 Å². The number of likely N-dealkylation sites (tertiary alicyclic amines) is 1. The van der Waals surface area contributed by atoms with Crippen LogP contribution in [0.25, 0.3) is 0 Å². The van der Waals surface area contributed by atoms with Crippen LogP contribution >= 0.6 is 0 Å². The van der Waals surface area contributed by atoms with Gasteiger partial charge in [0.25, 0.3) is 5.91 Å². The first-order valence-corrected chi connectivity index (χ1v) is 7.41. The normalized spacial score (nSPS) is 21.2. The average molecular weight is 345 g/mol. The van der Waals surface area contributed by atoms with Crippen LogP contribution in [0.4, 0.5) is 19.0 Å². The maximum absolute atomic E-state index is 13.0. The number of nitrogens with one attached hydrogen (secondary N) is 1. The highest BCUT2D eigenvalue weighted by Gasteiger charge is 2.53. The lowest BCUT2D eigenvalue weighted by molar-refractivity contribution is -0.187. The van der Waals surface area contributed by atoms with Crippen molar-refractivity contribution in [2.75, 3.05) is 18.4 Å². The third kappa shape index (κ3) is 3.77. The number of amides is 1. The molecule has 1 aliphatic heterocycles. The second-order valence-electron chi connectivity index (χ2n) is 6.00. The molecular weight excluding hydrogens is 327 g/mol. The monoisotopic (exact) mass is 345 g/mol. The van der Waals surface area contributed by atoms with E-state index in [1.807, 2.05) is 13.8 Å². The summed E-state index contributed by atoms with van der Waals surface area (Å²) in [5, 5.41) is 12.0. The molecular formula is C15H18F3N3O3. The molecule has 1 aromatic heterocycles. The minimum atomic E-state index is -4.67. The van der Waals surface area contributed by atoms with Crippen LogP contribution in [0.3, 0.4) is 0 Å². The number of halogens is 3. The largest absolute Gasteiger partial charge is 0.481 e. The van der Waals surface area contributed by atoms with Gasteiger partial charge in [0.05, 0.1) is 17.4 Å². The number of hydrogen-bond donors (Lipinski definition) is 2. The van der Waals surface area contributed by atoms with Crippen molar-refractivity contribution in [3.8, 4) is 0 Å². The molecule has 2 N–H and O–H groups in total. The van der Waals surface area contributed by atoms with E-state index in [4.69, 9.17) is 5.11 Å². The van der Waals surface area contributed by atoms with Gasteiger partial charge in [-0.3, -0.25) is 9.59 Å². The summed E-state index contributed by atoms with van der Waals surface area (Å²) in [5.74, 6) is -5.69. The Bertz CT molecular complexity index is 634. The summed E-state index contributed by atoms with van der Waals surface area (Å²) in [5.41, 5.74) is 0.123. The standard InChI is InChI=1S/C15H18F3N3O3/c1-8(2)20-12-9(4-3-5-19-12)13(22)21-6-10(14(23)24)11(7-21)15(16,17)18/h3-5,8,10-11H,6-7H2,1-2H3,(H,19,20)(H,23,24)/t10-,11-/m1/s1. The van der Waals surface area contributed by atoms with Gasteiger partial charge < -0.3 is 15.3 Å². The summed E-state index contributed by atoms with van der Waals surface area (Å²) in [4.78, 5) is 28.7. The lowest BCUT2D eigenvalue weighted by atomic mass is 9.96. The van der Waals surface area contributed by atoms with Crippen molar-refractivity contribution >= 4 is 17.7 Å². The predicted octanol–water partition coefficient (Wildman–Crippen LogP) is 2.24. The van der Waals surface area contributed by atoms with Crippen molar-refractivity contribution in [2.45, 2.75) is 26.1 Å². The molecule has 24 heavy (non-hydrogen) atoms. The average Bonchev–Trinajstić information content (AvgIpc) is 2.92. The van der Waals surface area contributed by atoms with Crippen LogP contribution in [-0.2, 0) is 4.79 Å². The van der Waals surface area contributed by atoms with E-state index in [-0.39, 0.29) is 17.4 Å². The van der Waals surface area contributed by atoms with Gasteiger partial charge in [-0.2, -0.15) is 13.2 Å². The molecule has 1 fully saturated rings. The Labute approximate surface area is 136 Å². The molecule has 9 heteroatoms. The fourth-order valence-electron chi connectivity index (χ4n) is 2.69. The summed E-state index contributed by atoms with van der Waals surface area (Å²) < 4.78 is 39.1. The number of nitrogens with zero attached hydrogens (tertiary/aromatic N) is 2. The van der Waals surface area contributed by atoms with Crippen molar-refractivity contribution in [3.05, 3.63) is 23.9 Å². The minimum absolute atomic E-state index is 0.0280. The molecule has 0 aromatic carbocycles. The molecule has 1 amide bonds. The van der Waals surface area contributed by atoms with E-state index in [0.717, 1.165) is 4.90 Å². The highest BCUT2D eigenvalue weighted by molar-refractivity contribution is 5.99. The summed E-state index contributed by atoms with van der Waals surface area (Å²) in [6.45, 7) is 2.52. The quantitative estimate of drug-likeness (QED) is 0.874. The number of anilines is 1. The van der Waals surface area contributed by atoms with Crippen LogP contribution in [-0.4, -0.2) is 52.2 Å². The van der Waals surface area contributed by atoms with E-state index in [1.54, 1.807) is 0 Å². The first kappa shape index (κ1) is 18.0. The number of aromatic nitrogens is 1. The van der Waals surface area contributed by atoms with Gasteiger partial charge in [0.15, 0.2) is 0 Å². The van der Waals surface area contributed by atoms with Crippen LogP contribution in [0.2, 0.25) is 0 Å². The van der Waals surface area contributed by atoms with Gasteiger partial charge >= 0.3 is 12.1 Å². The SMILES string of the molecule is CC(C)Nc1ncccc1C(=O)N1C[C@@H](C(F)(F)F)[C@H](C(=O)O)C1. The predicted molar refractivity (Wildman–Crippen MR) is 79.6 cm³/mol. The Balaban J connectivity index is 2.27. The smallest absolute Gasteiger partial charge is 0.394 e. The molecule has 132 valence electrons. The Morgan fingerprint density at radius 1 is 1.38 bits per heavy atom. The van der Waals surface area contributed by atoms with Gasteiger partial charge in [0.1, 0.15) is 5.82 Å². The number of aliphatic carboxylic acids is 1. The summed E-state index contributed by atoms with van der Waals surface area (Å²) in [6.07, 6.45) is -3.21. The molecule has 0 radical (unpaired) electrons. The molecule has 2 atom stereocenters. The molecule has 1 saturated heterocycles. The Kier molecular flexibility index (Phi) is 5.00. The molecule has 1 aromatic rings. The molecule has 1 aliphatic rings. The number of alkyl halides is 3. The van der Waals surface area contributed by atoms with E-state index < -0.39 is 43.0 Å². The number of rotatable bonds is 4. The van der Waals surface area contributed by atoms with Crippen molar-refractivity contribution < 1.29 is 27.9 Å². The van der Waals surface area contributed by atoms with E-state index in [2.05, 4.69) is 10.3 Å². The summed E-state index contributed by atoms with van der Waals surface area (Å²) in [7, 11) is 0. The molecule has 0 saturated carbocycles. The zero-order valence-corrected chi connectivity index (χ0v) is 13.2. The van der Waals surface area contributed by atoms with E-state index >= 15 is 0 Å². The Hall–Kier alpha value is -2.32. The summed E-state index contributed by atoms with van der Waals surface area (Å²) in [6, 6.07) is 2.93. The fraction of sp³-hybridized carbons (Fsp3) is 0.533. The lowest BCUT2D eigenvalue weighted by Gasteiger charge is -2.20. The first-order valence-electron chi connectivity index (χ1n) is 7.41. The van der Waals surface area contributed by atoms with Crippen LogP contribution < -0.4 is 5.32 Å². The van der Waals surface area contributed by atoms with Gasteiger partial charge in [-0.25, -0.2) is 4.98 Å². The van der Waals surface area contributed by atoms with Crippen LogP contribution in [0.15, 0.2) is 18.3 Å². The number of carbonyl (C=O) groups excluding carboxylic acids is 1. The second-order valence-corrected chi connectivity index (χ2v) is 6.00. The highest BCUT2D eigenvalue weighted by Crippen LogP contribution is 2.38. The van der Waals surface area contributed by atoms with Gasteiger partial charge in [-0.1, -0.05) is 0 Å². The molecule has 6 nitrogen and oxygen atoms in total. The maximum atomic E-state index is 13.0. The second kappa shape index (κ2) is 6.66. The number of carboxylic acids is 1. The maximum Gasteiger partial charge on any atom is 0.394 e. The molecule has 0 bridgehead atoms. The first-order chi connectivity index (χ1) is 11.1. The van der Waals surface area contributed by atoms with Crippen LogP contribution in [0.1, 0.15) is 24.2 Å². The van der Waals surface area contributed by atoms with Crippen molar-refractivity contribution in [3.63, 3.8) is 0 Å². The highest BCUT2D eigenvalue weighted by atomic mass is 19.4. The van der Waals surface area contributed by atoms with E-state index in [0.29, 0.717) is 0 Å².